The Labute approximate surface area is 186 Å². The van der Waals surface area contributed by atoms with Gasteiger partial charge in [-0.1, -0.05) is 58.3 Å². The van der Waals surface area contributed by atoms with E-state index >= 15 is 0 Å². The summed E-state index contributed by atoms with van der Waals surface area (Å²) in [6.45, 7) is 3.56. The third kappa shape index (κ3) is 11.1. The van der Waals surface area contributed by atoms with E-state index in [0.717, 1.165) is 25.5 Å². The van der Waals surface area contributed by atoms with Gasteiger partial charge in [-0.25, -0.2) is 4.79 Å². The van der Waals surface area contributed by atoms with Crippen LogP contribution in [0.15, 0.2) is 10.6 Å². The maximum Gasteiger partial charge on any atom is 0.240 e. The van der Waals surface area contributed by atoms with Crippen LogP contribution in [0.2, 0.25) is 0 Å². The Bertz CT molecular complexity index is 612. The molecule has 0 radical (unpaired) electrons. The molecule has 1 amide bonds. The summed E-state index contributed by atoms with van der Waals surface area (Å²) in [5.74, 6) is 1.79. The number of carbonyl (C=O) groups excluding carboxylic acids is 3. The van der Waals surface area contributed by atoms with Gasteiger partial charge in [-0.2, -0.15) is 0 Å². The Morgan fingerprint density at radius 1 is 1.16 bits per heavy atom. The van der Waals surface area contributed by atoms with Crippen LogP contribution in [-0.2, 0) is 14.4 Å². The lowest BCUT2D eigenvalue weighted by atomic mass is 10.0. The number of amides is 1. The fraction of sp³-hybridized carbons (Fsp3) is 0.783. The Morgan fingerprint density at radius 2 is 1.81 bits per heavy atom. The topological polar surface area (TPSA) is 131 Å². The van der Waals surface area contributed by atoms with E-state index in [2.05, 4.69) is 17.2 Å². The first-order valence-corrected chi connectivity index (χ1v) is 11.8. The van der Waals surface area contributed by atoms with Crippen molar-refractivity contribution in [2.24, 2.45) is 16.5 Å². The minimum absolute atomic E-state index is 0.0219. The zero-order chi connectivity index (χ0) is 22.9. The molecular weight excluding hydrogens is 394 g/mol. The molecule has 0 saturated carbocycles. The first-order chi connectivity index (χ1) is 15.0. The van der Waals surface area contributed by atoms with Gasteiger partial charge in [0.1, 0.15) is 12.2 Å². The van der Waals surface area contributed by atoms with Crippen molar-refractivity contribution in [3.05, 3.63) is 5.57 Å². The van der Waals surface area contributed by atoms with Crippen LogP contribution in [0.4, 0.5) is 0 Å². The van der Waals surface area contributed by atoms with Crippen molar-refractivity contribution in [1.29, 1.82) is 0 Å². The summed E-state index contributed by atoms with van der Waals surface area (Å²) >= 11 is 0. The Balaban J connectivity index is 2.56. The number of unbranched alkanes of at least 4 members (excludes halogenated alkanes) is 8. The van der Waals surface area contributed by atoms with Crippen LogP contribution < -0.4 is 16.8 Å². The standard InChI is InChI=1S/C23H41N5O3/c1-2-3-4-5-6-7-8-9-10-14-28(20(18-30)12-11-13-26-23(24)25)22(31)21-15-19(17-29)16-27-21/h18,20-21,27H,2-16H2,1H3,(H4,24,25,26)/t20-,21-/m0/s1. The SMILES string of the molecule is CCCCCCCCCCCN(C(=O)[C@@H]1CC(=C=O)CN1)[C@H](C=O)CCCN=C(N)N. The highest BCUT2D eigenvalue weighted by atomic mass is 16.2. The van der Waals surface area contributed by atoms with Gasteiger partial charge in [-0.05, 0) is 19.3 Å². The molecule has 0 aromatic heterocycles. The van der Waals surface area contributed by atoms with Gasteiger partial charge < -0.3 is 26.5 Å². The van der Waals surface area contributed by atoms with Crippen molar-refractivity contribution in [3.8, 4) is 0 Å². The molecule has 8 nitrogen and oxygen atoms in total. The normalized spacial score (nSPS) is 16.5. The van der Waals surface area contributed by atoms with E-state index in [9.17, 15) is 14.4 Å². The van der Waals surface area contributed by atoms with Crippen molar-refractivity contribution in [1.82, 2.24) is 10.2 Å². The number of guanidine groups is 1. The van der Waals surface area contributed by atoms with E-state index in [4.69, 9.17) is 11.5 Å². The van der Waals surface area contributed by atoms with Crippen LogP contribution in [0.25, 0.3) is 0 Å². The minimum atomic E-state index is -0.512. The number of hydrogen-bond acceptors (Lipinski definition) is 5. The number of nitrogens with zero attached hydrogens (tertiary/aromatic N) is 2. The third-order valence-corrected chi connectivity index (χ3v) is 5.75. The van der Waals surface area contributed by atoms with Gasteiger partial charge in [0, 0.05) is 31.6 Å². The lowest BCUT2D eigenvalue weighted by molar-refractivity contribution is -0.138. The van der Waals surface area contributed by atoms with Gasteiger partial charge >= 0.3 is 0 Å². The van der Waals surface area contributed by atoms with Crippen molar-refractivity contribution < 1.29 is 14.4 Å². The van der Waals surface area contributed by atoms with Gasteiger partial charge in [0.05, 0.1) is 12.1 Å². The van der Waals surface area contributed by atoms with Crippen LogP contribution in [-0.4, -0.2) is 60.7 Å². The number of aldehydes is 1. The Hall–Kier alpha value is -2.18. The van der Waals surface area contributed by atoms with Gasteiger partial charge in [-0.15, -0.1) is 0 Å². The van der Waals surface area contributed by atoms with Crippen LogP contribution in [0, 0.1) is 0 Å². The average Bonchev–Trinajstić information content (AvgIpc) is 3.25. The second kappa shape index (κ2) is 16.5. The molecule has 1 aliphatic heterocycles. The largest absolute Gasteiger partial charge is 0.370 e. The predicted molar refractivity (Wildman–Crippen MR) is 124 cm³/mol. The first kappa shape index (κ1) is 26.9. The maximum atomic E-state index is 13.1. The Kier molecular flexibility index (Phi) is 14.3. The summed E-state index contributed by atoms with van der Waals surface area (Å²) in [7, 11) is 0. The van der Waals surface area contributed by atoms with Gasteiger partial charge in [-0.3, -0.25) is 9.79 Å². The van der Waals surface area contributed by atoms with E-state index < -0.39 is 12.1 Å². The third-order valence-electron chi connectivity index (χ3n) is 5.75. The van der Waals surface area contributed by atoms with Gasteiger partial charge in [0.15, 0.2) is 5.96 Å². The maximum absolute atomic E-state index is 13.1. The highest BCUT2D eigenvalue weighted by molar-refractivity contribution is 5.86. The van der Waals surface area contributed by atoms with Gasteiger partial charge in [0.2, 0.25) is 5.91 Å². The molecule has 8 heteroatoms. The monoisotopic (exact) mass is 435 g/mol. The molecule has 5 N–H and O–H groups in total. The summed E-state index contributed by atoms with van der Waals surface area (Å²) in [6, 6.07) is -0.975. The molecule has 1 rings (SSSR count). The molecule has 0 bridgehead atoms. The number of carbonyl (C=O) groups is 2. The number of nitrogens with one attached hydrogen (secondary N) is 1. The molecule has 0 spiro atoms. The van der Waals surface area contributed by atoms with Crippen molar-refractivity contribution in [2.45, 2.75) is 96.1 Å². The van der Waals surface area contributed by atoms with Crippen molar-refractivity contribution >= 4 is 24.1 Å². The molecule has 0 aromatic rings. The summed E-state index contributed by atoms with van der Waals surface area (Å²) in [5.41, 5.74) is 11.3. The van der Waals surface area contributed by atoms with E-state index in [0.29, 0.717) is 44.5 Å². The van der Waals surface area contributed by atoms with E-state index in [1.165, 1.54) is 38.5 Å². The summed E-state index contributed by atoms with van der Waals surface area (Å²) in [6.07, 6.45) is 13.0. The molecule has 1 aliphatic rings. The molecule has 0 unspecified atom stereocenters. The van der Waals surface area contributed by atoms with Gasteiger partial charge in [0.25, 0.3) is 0 Å². The highest BCUT2D eigenvalue weighted by Crippen LogP contribution is 2.17. The smallest absolute Gasteiger partial charge is 0.240 e. The van der Waals surface area contributed by atoms with Crippen LogP contribution >= 0.6 is 0 Å². The molecule has 31 heavy (non-hydrogen) atoms. The lowest BCUT2D eigenvalue weighted by Gasteiger charge is -2.30. The van der Waals surface area contributed by atoms with Crippen LogP contribution in [0.3, 0.4) is 0 Å². The summed E-state index contributed by atoms with van der Waals surface area (Å²) in [4.78, 5) is 41.4. The fourth-order valence-electron chi connectivity index (χ4n) is 3.93. The zero-order valence-corrected chi connectivity index (χ0v) is 19.1. The molecule has 1 heterocycles. The second-order valence-corrected chi connectivity index (χ2v) is 8.36. The van der Waals surface area contributed by atoms with Crippen LogP contribution in [0.1, 0.15) is 84.0 Å². The van der Waals surface area contributed by atoms with Crippen molar-refractivity contribution in [2.75, 3.05) is 19.6 Å². The number of aliphatic imine (C=N–C) groups is 1. The molecule has 1 fully saturated rings. The van der Waals surface area contributed by atoms with E-state index in [-0.39, 0.29) is 11.9 Å². The lowest BCUT2D eigenvalue weighted by Crippen LogP contribution is -2.49. The quantitative estimate of drug-likeness (QED) is 0.105. The minimum Gasteiger partial charge on any atom is -0.370 e. The molecule has 1 saturated heterocycles. The van der Waals surface area contributed by atoms with Crippen LogP contribution in [0.5, 0.6) is 0 Å². The molecule has 176 valence electrons. The molecular formula is C23H41N5O3. The van der Waals surface area contributed by atoms with E-state index in [1.54, 1.807) is 4.90 Å². The fourth-order valence-corrected chi connectivity index (χ4v) is 3.93. The van der Waals surface area contributed by atoms with E-state index in [1.807, 2.05) is 5.94 Å². The number of nitrogens with two attached hydrogens (primary N) is 2. The highest BCUT2D eigenvalue weighted by Gasteiger charge is 2.32. The zero-order valence-electron chi connectivity index (χ0n) is 19.1. The number of hydrogen-bond donors (Lipinski definition) is 3. The Morgan fingerprint density at radius 3 is 2.35 bits per heavy atom. The number of rotatable bonds is 17. The summed E-state index contributed by atoms with van der Waals surface area (Å²) in [5, 5.41) is 3.07. The van der Waals surface area contributed by atoms with Crippen molar-refractivity contribution in [3.63, 3.8) is 0 Å². The molecule has 0 aliphatic carbocycles. The molecule has 0 aromatic carbocycles. The summed E-state index contributed by atoms with van der Waals surface area (Å²) < 4.78 is 0. The molecule has 2 atom stereocenters. The average molecular weight is 436 g/mol. The first-order valence-electron chi connectivity index (χ1n) is 11.8. The second-order valence-electron chi connectivity index (χ2n) is 8.36. The predicted octanol–water partition coefficient (Wildman–Crippen LogP) is 2.09.